The van der Waals surface area contributed by atoms with Crippen LogP contribution in [-0.4, -0.2) is 25.7 Å². The molecule has 0 saturated carbocycles. The molecule has 4 N–H and O–H groups in total. The Balaban J connectivity index is 2.48. The lowest BCUT2D eigenvalue weighted by molar-refractivity contribution is 0.881. The van der Waals surface area contributed by atoms with Crippen LogP contribution >= 0.6 is 23.8 Å². The van der Waals surface area contributed by atoms with Crippen LogP contribution in [0.2, 0.25) is 5.02 Å². The molecule has 0 amide bonds. The molecule has 0 aliphatic carbocycles. The van der Waals surface area contributed by atoms with Crippen molar-refractivity contribution in [2.45, 2.75) is 0 Å². The van der Waals surface area contributed by atoms with Crippen molar-refractivity contribution in [1.29, 1.82) is 0 Å². The number of hydrogen-bond acceptors (Lipinski definition) is 4. The van der Waals surface area contributed by atoms with Gasteiger partial charge in [-0.2, -0.15) is 5.21 Å². The Morgan fingerprint density at radius 2 is 2.31 bits per heavy atom. The van der Waals surface area contributed by atoms with E-state index in [2.05, 4.69) is 25.9 Å². The van der Waals surface area contributed by atoms with Gasteiger partial charge in [-0.3, -0.25) is 0 Å². The summed E-state index contributed by atoms with van der Waals surface area (Å²) in [5, 5.41) is 17.1. The lowest BCUT2D eigenvalue weighted by atomic mass is 10.1. The van der Waals surface area contributed by atoms with E-state index in [0.717, 1.165) is 0 Å². The number of nitrogens with zero attached hydrogens (tertiary/aromatic N) is 3. The molecule has 2 aromatic rings. The SMILES string of the molecule is NC(=S)Nc1cc(Cl)ccc1-c1nn[nH]n1. The quantitative estimate of drug-likeness (QED) is 0.697. The van der Waals surface area contributed by atoms with E-state index in [9.17, 15) is 0 Å². The Morgan fingerprint density at radius 1 is 1.50 bits per heavy atom. The fraction of sp³-hybridized carbons (Fsp3) is 0. The van der Waals surface area contributed by atoms with Gasteiger partial charge in [0.1, 0.15) is 0 Å². The summed E-state index contributed by atoms with van der Waals surface area (Å²) >= 11 is 10.6. The Bertz CT molecular complexity index is 511. The van der Waals surface area contributed by atoms with Crippen molar-refractivity contribution < 1.29 is 0 Å². The van der Waals surface area contributed by atoms with E-state index in [1.54, 1.807) is 18.2 Å². The van der Waals surface area contributed by atoms with Gasteiger partial charge in [0.2, 0.25) is 5.82 Å². The number of aromatic amines is 1. The fourth-order valence-corrected chi connectivity index (χ4v) is 1.51. The Labute approximate surface area is 101 Å². The largest absolute Gasteiger partial charge is 0.376 e. The predicted molar refractivity (Wildman–Crippen MR) is 65.0 cm³/mol. The zero-order valence-corrected chi connectivity index (χ0v) is 9.51. The lowest BCUT2D eigenvalue weighted by Crippen LogP contribution is -2.19. The minimum Gasteiger partial charge on any atom is -0.376 e. The standard InChI is InChI=1S/C8H7ClN6S/c9-4-1-2-5(7-12-14-15-13-7)6(3-4)11-8(10)16/h1-3H,(H3,10,11,16)(H,12,13,14,15). The molecule has 6 nitrogen and oxygen atoms in total. The van der Waals surface area contributed by atoms with Crippen LogP contribution in [-0.2, 0) is 0 Å². The van der Waals surface area contributed by atoms with Crippen LogP contribution < -0.4 is 11.1 Å². The normalized spacial score (nSPS) is 10.1. The Morgan fingerprint density at radius 3 is 2.94 bits per heavy atom. The third-order valence-electron chi connectivity index (χ3n) is 1.83. The summed E-state index contributed by atoms with van der Waals surface area (Å²) in [6.07, 6.45) is 0. The monoisotopic (exact) mass is 254 g/mol. The first-order chi connectivity index (χ1) is 7.66. The molecule has 0 saturated heterocycles. The van der Waals surface area contributed by atoms with Crippen LogP contribution in [0.5, 0.6) is 0 Å². The second-order valence-corrected chi connectivity index (χ2v) is 3.79. The van der Waals surface area contributed by atoms with Gasteiger partial charge in [0.05, 0.1) is 5.69 Å². The minimum atomic E-state index is 0.145. The van der Waals surface area contributed by atoms with E-state index in [4.69, 9.17) is 29.6 Å². The number of nitrogens with two attached hydrogens (primary N) is 1. The number of H-pyrrole nitrogens is 1. The average molecular weight is 255 g/mol. The molecule has 82 valence electrons. The van der Waals surface area contributed by atoms with Gasteiger partial charge in [0, 0.05) is 10.6 Å². The Hall–Kier alpha value is -1.73. The van der Waals surface area contributed by atoms with Gasteiger partial charge < -0.3 is 11.1 Å². The molecule has 0 radical (unpaired) electrons. The molecule has 0 fully saturated rings. The zero-order valence-electron chi connectivity index (χ0n) is 7.94. The van der Waals surface area contributed by atoms with Crippen LogP contribution in [0.4, 0.5) is 5.69 Å². The van der Waals surface area contributed by atoms with Crippen LogP contribution in [0.1, 0.15) is 0 Å². The fourth-order valence-electron chi connectivity index (χ4n) is 1.22. The second-order valence-electron chi connectivity index (χ2n) is 2.91. The number of nitrogens with one attached hydrogen (secondary N) is 2. The van der Waals surface area contributed by atoms with Crippen molar-refractivity contribution >= 4 is 34.6 Å². The molecule has 8 heteroatoms. The molecule has 0 aliphatic rings. The lowest BCUT2D eigenvalue weighted by Gasteiger charge is -2.08. The predicted octanol–water partition coefficient (Wildman–Crippen LogP) is 1.18. The van der Waals surface area contributed by atoms with Crippen molar-refractivity contribution in [1.82, 2.24) is 20.6 Å². The molecule has 0 bridgehead atoms. The molecule has 1 heterocycles. The highest BCUT2D eigenvalue weighted by Crippen LogP contribution is 2.27. The van der Waals surface area contributed by atoms with Crippen molar-refractivity contribution in [2.75, 3.05) is 5.32 Å². The molecule has 0 atom stereocenters. The molecule has 0 unspecified atom stereocenters. The number of hydrogen-bond donors (Lipinski definition) is 3. The third-order valence-corrected chi connectivity index (χ3v) is 2.16. The average Bonchev–Trinajstić information content (AvgIpc) is 2.69. The molecule has 0 spiro atoms. The first-order valence-electron chi connectivity index (χ1n) is 4.26. The first kappa shape index (κ1) is 10.8. The van der Waals surface area contributed by atoms with Gasteiger partial charge in [-0.05, 0) is 35.6 Å². The summed E-state index contributed by atoms with van der Waals surface area (Å²) in [6, 6.07) is 5.16. The maximum absolute atomic E-state index is 5.87. The molecule has 1 aromatic heterocycles. The third kappa shape index (κ3) is 2.26. The van der Waals surface area contributed by atoms with Crippen LogP contribution in [0.3, 0.4) is 0 Å². The number of anilines is 1. The number of tetrazole rings is 1. The highest BCUT2D eigenvalue weighted by molar-refractivity contribution is 7.80. The summed E-state index contributed by atoms with van der Waals surface area (Å²) in [4.78, 5) is 0. The number of rotatable bonds is 2. The summed E-state index contributed by atoms with van der Waals surface area (Å²) in [6.45, 7) is 0. The van der Waals surface area contributed by atoms with E-state index in [1.807, 2.05) is 0 Å². The maximum atomic E-state index is 5.87. The van der Waals surface area contributed by atoms with Crippen molar-refractivity contribution in [3.8, 4) is 11.4 Å². The highest BCUT2D eigenvalue weighted by atomic mass is 35.5. The van der Waals surface area contributed by atoms with E-state index in [1.165, 1.54) is 0 Å². The van der Waals surface area contributed by atoms with Gasteiger partial charge >= 0.3 is 0 Å². The summed E-state index contributed by atoms with van der Waals surface area (Å²) < 4.78 is 0. The van der Waals surface area contributed by atoms with Crippen molar-refractivity contribution in [3.63, 3.8) is 0 Å². The van der Waals surface area contributed by atoms with Crippen molar-refractivity contribution in [3.05, 3.63) is 23.2 Å². The second kappa shape index (κ2) is 4.42. The van der Waals surface area contributed by atoms with Gasteiger partial charge in [-0.1, -0.05) is 11.6 Å². The van der Waals surface area contributed by atoms with Crippen LogP contribution in [0.25, 0.3) is 11.4 Å². The van der Waals surface area contributed by atoms with Gasteiger partial charge in [0.15, 0.2) is 5.11 Å². The van der Waals surface area contributed by atoms with Crippen LogP contribution in [0, 0.1) is 0 Å². The van der Waals surface area contributed by atoms with Gasteiger partial charge in [0.25, 0.3) is 0 Å². The number of halogens is 1. The maximum Gasteiger partial charge on any atom is 0.206 e. The molecular formula is C8H7ClN6S. The molecule has 0 aliphatic heterocycles. The van der Waals surface area contributed by atoms with Gasteiger partial charge in [-0.25, -0.2) is 0 Å². The van der Waals surface area contributed by atoms with Crippen molar-refractivity contribution in [2.24, 2.45) is 5.73 Å². The molecular weight excluding hydrogens is 248 g/mol. The highest BCUT2D eigenvalue weighted by Gasteiger charge is 2.10. The summed E-state index contributed by atoms with van der Waals surface area (Å²) in [5.74, 6) is 0.440. The van der Waals surface area contributed by atoms with E-state index < -0.39 is 0 Å². The zero-order chi connectivity index (χ0) is 11.5. The number of benzene rings is 1. The number of aromatic nitrogens is 4. The summed E-state index contributed by atoms with van der Waals surface area (Å²) in [5.41, 5.74) is 6.76. The van der Waals surface area contributed by atoms with E-state index >= 15 is 0 Å². The first-order valence-corrected chi connectivity index (χ1v) is 5.05. The smallest absolute Gasteiger partial charge is 0.206 e. The minimum absolute atomic E-state index is 0.145. The summed E-state index contributed by atoms with van der Waals surface area (Å²) in [7, 11) is 0. The Kier molecular flexibility index (Phi) is 2.97. The molecule has 2 rings (SSSR count). The van der Waals surface area contributed by atoms with E-state index in [-0.39, 0.29) is 5.11 Å². The van der Waals surface area contributed by atoms with Gasteiger partial charge in [-0.15, -0.1) is 10.2 Å². The molecule has 1 aromatic carbocycles. The molecule has 16 heavy (non-hydrogen) atoms. The topological polar surface area (TPSA) is 92.5 Å². The van der Waals surface area contributed by atoms with E-state index in [0.29, 0.717) is 22.1 Å². The van der Waals surface area contributed by atoms with Crippen LogP contribution in [0.15, 0.2) is 18.2 Å². The number of thiocarbonyl (C=S) groups is 1.